The molecule has 62 valence electrons. The standard InChI is InChI=1S/C9H15NO/c1-10-6-9(7-10)4-8(5-9)2-3-11/h3,8H,2,4-7H2,1H3. The topological polar surface area (TPSA) is 20.3 Å². The van der Waals surface area contributed by atoms with Crippen LogP contribution in [0.5, 0.6) is 0 Å². The molecule has 1 aliphatic heterocycles. The van der Waals surface area contributed by atoms with E-state index in [0.717, 1.165) is 18.6 Å². The molecule has 2 nitrogen and oxygen atoms in total. The van der Waals surface area contributed by atoms with Crippen LogP contribution in [0, 0.1) is 11.3 Å². The van der Waals surface area contributed by atoms with Crippen LogP contribution in [0.15, 0.2) is 0 Å². The smallest absolute Gasteiger partial charge is 0.120 e. The average Bonchev–Trinajstić information content (AvgIpc) is 1.80. The van der Waals surface area contributed by atoms with Crippen LogP contribution in [0.3, 0.4) is 0 Å². The van der Waals surface area contributed by atoms with Crippen LogP contribution < -0.4 is 0 Å². The largest absolute Gasteiger partial charge is 0.305 e. The van der Waals surface area contributed by atoms with E-state index in [1.165, 1.54) is 25.9 Å². The summed E-state index contributed by atoms with van der Waals surface area (Å²) in [7, 11) is 2.16. The Morgan fingerprint density at radius 3 is 2.64 bits per heavy atom. The lowest BCUT2D eigenvalue weighted by Crippen LogP contribution is -2.60. The molecule has 0 aromatic rings. The molecule has 0 atom stereocenters. The average molecular weight is 153 g/mol. The molecule has 0 aromatic heterocycles. The van der Waals surface area contributed by atoms with Crippen molar-refractivity contribution in [1.29, 1.82) is 0 Å². The molecule has 0 bridgehead atoms. The van der Waals surface area contributed by atoms with Gasteiger partial charge in [-0.05, 0) is 31.2 Å². The summed E-state index contributed by atoms with van der Waals surface area (Å²) in [6.45, 7) is 2.53. The van der Waals surface area contributed by atoms with Gasteiger partial charge in [0.15, 0.2) is 0 Å². The molecule has 0 radical (unpaired) electrons. The molecule has 2 rings (SSSR count). The van der Waals surface area contributed by atoms with Crippen molar-refractivity contribution in [3.63, 3.8) is 0 Å². The number of hydrogen-bond acceptors (Lipinski definition) is 2. The monoisotopic (exact) mass is 153 g/mol. The fraction of sp³-hybridized carbons (Fsp3) is 0.889. The maximum Gasteiger partial charge on any atom is 0.120 e. The Hall–Kier alpha value is -0.370. The van der Waals surface area contributed by atoms with Gasteiger partial charge in [0, 0.05) is 19.5 Å². The summed E-state index contributed by atoms with van der Waals surface area (Å²) in [5.74, 6) is 0.723. The maximum atomic E-state index is 10.2. The van der Waals surface area contributed by atoms with Crippen molar-refractivity contribution in [2.45, 2.75) is 19.3 Å². The van der Waals surface area contributed by atoms with Crippen molar-refractivity contribution in [2.24, 2.45) is 11.3 Å². The predicted molar refractivity (Wildman–Crippen MR) is 43.3 cm³/mol. The molecule has 1 saturated heterocycles. The maximum absolute atomic E-state index is 10.2. The highest BCUT2D eigenvalue weighted by atomic mass is 16.1. The Balaban J connectivity index is 1.75. The lowest BCUT2D eigenvalue weighted by Gasteiger charge is -2.58. The third-order valence-electron chi connectivity index (χ3n) is 3.08. The lowest BCUT2D eigenvalue weighted by molar-refractivity contribution is -0.115. The Morgan fingerprint density at radius 2 is 2.18 bits per heavy atom. The molecule has 2 fully saturated rings. The van der Waals surface area contributed by atoms with Crippen molar-refractivity contribution >= 4 is 6.29 Å². The van der Waals surface area contributed by atoms with Gasteiger partial charge in [-0.3, -0.25) is 0 Å². The minimum absolute atomic E-state index is 0.655. The first-order chi connectivity index (χ1) is 5.24. The van der Waals surface area contributed by atoms with E-state index in [0.29, 0.717) is 5.41 Å². The van der Waals surface area contributed by atoms with Gasteiger partial charge in [0.2, 0.25) is 0 Å². The number of nitrogens with zero attached hydrogens (tertiary/aromatic N) is 1. The molecule has 0 amide bonds. The molecule has 0 aromatic carbocycles. The second kappa shape index (κ2) is 2.31. The molecule has 0 N–H and O–H groups in total. The van der Waals surface area contributed by atoms with Crippen LogP contribution in [0.1, 0.15) is 19.3 Å². The van der Waals surface area contributed by atoms with E-state index >= 15 is 0 Å². The fourth-order valence-electron chi connectivity index (χ4n) is 2.82. The van der Waals surface area contributed by atoms with E-state index < -0.39 is 0 Å². The van der Waals surface area contributed by atoms with E-state index in [9.17, 15) is 4.79 Å². The first kappa shape index (κ1) is 7.29. The van der Waals surface area contributed by atoms with Gasteiger partial charge in [0.1, 0.15) is 6.29 Å². The summed E-state index contributed by atoms with van der Waals surface area (Å²) < 4.78 is 0. The number of carbonyl (C=O) groups is 1. The van der Waals surface area contributed by atoms with E-state index in [4.69, 9.17) is 0 Å². The molecule has 1 heterocycles. The van der Waals surface area contributed by atoms with Gasteiger partial charge in [-0.25, -0.2) is 0 Å². The highest BCUT2D eigenvalue weighted by molar-refractivity contribution is 5.50. The van der Waals surface area contributed by atoms with Crippen molar-refractivity contribution in [1.82, 2.24) is 4.90 Å². The van der Waals surface area contributed by atoms with Crippen LogP contribution in [-0.2, 0) is 4.79 Å². The predicted octanol–water partition coefficient (Wildman–Crippen LogP) is 0.917. The second-order valence-corrected chi connectivity index (χ2v) is 4.35. The van der Waals surface area contributed by atoms with Crippen LogP contribution in [0.25, 0.3) is 0 Å². The van der Waals surface area contributed by atoms with Gasteiger partial charge in [0.05, 0.1) is 0 Å². The van der Waals surface area contributed by atoms with Gasteiger partial charge in [-0.2, -0.15) is 0 Å². The molecule has 2 aliphatic rings. The zero-order valence-corrected chi connectivity index (χ0v) is 7.05. The molecule has 1 spiro atoms. The number of hydrogen-bond donors (Lipinski definition) is 0. The molecule has 1 saturated carbocycles. The normalized spacial score (nSPS) is 29.5. The van der Waals surface area contributed by atoms with E-state index in [-0.39, 0.29) is 0 Å². The van der Waals surface area contributed by atoms with Crippen LogP contribution in [0.2, 0.25) is 0 Å². The Bertz CT molecular complexity index is 164. The first-order valence-electron chi connectivity index (χ1n) is 4.36. The van der Waals surface area contributed by atoms with Crippen molar-refractivity contribution < 1.29 is 4.79 Å². The third-order valence-corrected chi connectivity index (χ3v) is 3.08. The number of aldehydes is 1. The second-order valence-electron chi connectivity index (χ2n) is 4.35. The van der Waals surface area contributed by atoms with Crippen molar-refractivity contribution in [2.75, 3.05) is 20.1 Å². The fourth-order valence-corrected chi connectivity index (χ4v) is 2.82. The summed E-state index contributed by atoms with van der Waals surface area (Å²) in [5, 5.41) is 0. The lowest BCUT2D eigenvalue weighted by atomic mass is 9.57. The van der Waals surface area contributed by atoms with E-state index in [2.05, 4.69) is 11.9 Å². The summed E-state index contributed by atoms with van der Waals surface area (Å²) in [6, 6.07) is 0. The quantitative estimate of drug-likeness (QED) is 0.550. The van der Waals surface area contributed by atoms with Gasteiger partial charge in [-0.1, -0.05) is 0 Å². The van der Waals surface area contributed by atoms with Gasteiger partial charge < -0.3 is 9.69 Å². The Morgan fingerprint density at radius 1 is 1.55 bits per heavy atom. The van der Waals surface area contributed by atoms with Gasteiger partial charge >= 0.3 is 0 Å². The SMILES string of the molecule is CN1CC2(CC(CC=O)C2)C1. The van der Waals surface area contributed by atoms with Crippen LogP contribution >= 0.6 is 0 Å². The van der Waals surface area contributed by atoms with Crippen LogP contribution in [0.4, 0.5) is 0 Å². The van der Waals surface area contributed by atoms with Crippen molar-refractivity contribution in [3.8, 4) is 0 Å². The molecule has 1 aliphatic carbocycles. The highest BCUT2D eigenvalue weighted by Gasteiger charge is 2.50. The minimum Gasteiger partial charge on any atom is -0.305 e. The van der Waals surface area contributed by atoms with E-state index in [1.807, 2.05) is 0 Å². The van der Waals surface area contributed by atoms with Crippen LogP contribution in [-0.4, -0.2) is 31.3 Å². The van der Waals surface area contributed by atoms with Crippen molar-refractivity contribution in [3.05, 3.63) is 0 Å². The Labute approximate surface area is 67.6 Å². The third kappa shape index (κ3) is 1.09. The molecular weight excluding hydrogens is 138 g/mol. The van der Waals surface area contributed by atoms with Gasteiger partial charge in [-0.15, -0.1) is 0 Å². The Kier molecular flexibility index (Phi) is 1.53. The number of carbonyl (C=O) groups excluding carboxylic acids is 1. The summed E-state index contributed by atoms with van der Waals surface area (Å²) >= 11 is 0. The zero-order valence-electron chi connectivity index (χ0n) is 7.05. The minimum atomic E-state index is 0.655. The first-order valence-corrected chi connectivity index (χ1v) is 4.36. The molecule has 0 unspecified atom stereocenters. The van der Waals surface area contributed by atoms with Gasteiger partial charge in [0.25, 0.3) is 0 Å². The summed E-state index contributed by atoms with van der Waals surface area (Å²) in [5.41, 5.74) is 0.655. The molecule has 11 heavy (non-hydrogen) atoms. The molecular formula is C9H15NO. The summed E-state index contributed by atoms with van der Waals surface area (Å²) in [6.07, 6.45) is 4.47. The van der Waals surface area contributed by atoms with E-state index in [1.54, 1.807) is 0 Å². The number of rotatable bonds is 2. The molecule has 2 heteroatoms. The highest BCUT2D eigenvalue weighted by Crippen LogP contribution is 2.52. The summed E-state index contributed by atoms with van der Waals surface area (Å²) in [4.78, 5) is 12.5. The zero-order chi connectivity index (χ0) is 7.90. The number of likely N-dealkylation sites (tertiary alicyclic amines) is 1.